The van der Waals surface area contributed by atoms with E-state index in [9.17, 15) is 11.8 Å². The zero-order valence-electron chi connectivity index (χ0n) is 40.1. The van der Waals surface area contributed by atoms with Gasteiger partial charge in [0.05, 0.1) is 90.1 Å². The van der Waals surface area contributed by atoms with Crippen LogP contribution in [0.25, 0.3) is 142 Å². The fourth-order valence-corrected chi connectivity index (χ4v) is 12.8. The number of benzene rings is 11. The minimum absolute atomic E-state index is 0.355. The molecule has 16 aromatic rings. The minimum Gasteiger partial charge on any atom is -0.317 e. The second-order valence-electron chi connectivity index (χ2n) is 19.4. The molecule has 0 aliphatic rings. The Bertz CT molecular complexity index is 4900. The van der Waals surface area contributed by atoms with E-state index in [1.54, 1.807) is 0 Å². The third kappa shape index (κ3) is 5.45. The molecule has 0 aliphatic carbocycles. The van der Waals surface area contributed by atoms with Crippen molar-refractivity contribution in [3.63, 3.8) is 0 Å². The van der Waals surface area contributed by atoms with E-state index in [-0.39, 0.29) is 0 Å². The van der Waals surface area contributed by atoms with Crippen molar-refractivity contribution in [1.82, 2.24) is 22.8 Å². The Morgan fingerprint density at radius 1 is 0.280 bits per heavy atom. The van der Waals surface area contributed by atoms with Gasteiger partial charge in [0.15, 0.2) is 0 Å². The van der Waals surface area contributed by atoms with Gasteiger partial charge in [-0.2, -0.15) is 5.26 Å². The maximum atomic E-state index is 12.6. The van der Waals surface area contributed by atoms with Crippen LogP contribution in [0.5, 0.6) is 0 Å². The van der Waals surface area contributed by atoms with Gasteiger partial charge < -0.3 is 22.8 Å². The molecular formula is C68H39N7. The van der Waals surface area contributed by atoms with Crippen molar-refractivity contribution in [3.05, 3.63) is 254 Å². The van der Waals surface area contributed by atoms with Crippen LogP contribution in [0.15, 0.2) is 237 Å². The lowest BCUT2D eigenvalue weighted by Crippen LogP contribution is -2.14. The van der Waals surface area contributed by atoms with Crippen LogP contribution in [-0.2, 0) is 0 Å². The molecule has 0 radical (unpaired) electrons. The highest BCUT2D eigenvalue weighted by Crippen LogP contribution is 2.52. The fourth-order valence-electron chi connectivity index (χ4n) is 12.8. The second-order valence-corrected chi connectivity index (χ2v) is 19.4. The largest absolute Gasteiger partial charge is 0.317 e. The first-order chi connectivity index (χ1) is 37.2. The van der Waals surface area contributed by atoms with Gasteiger partial charge in [-0.3, -0.25) is 0 Å². The summed E-state index contributed by atoms with van der Waals surface area (Å²) < 4.78 is 11.5. The molecule has 0 saturated carbocycles. The van der Waals surface area contributed by atoms with Gasteiger partial charge in [-0.15, -0.1) is 0 Å². The first kappa shape index (κ1) is 41.1. The smallest absolute Gasteiger partial charge is 0.237 e. The average Bonchev–Trinajstić information content (AvgIpc) is 4.26. The molecule has 75 heavy (non-hydrogen) atoms. The first-order valence-corrected chi connectivity index (χ1v) is 25.2. The quantitative estimate of drug-likeness (QED) is 0.159. The predicted molar refractivity (Wildman–Crippen MR) is 309 cm³/mol. The summed E-state index contributed by atoms with van der Waals surface area (Å²) in [7, 11) is 0. The SMILES string of the molecule is [C-]#[N+]c1c(-n2c3ccccc3c3cc4c(cc32)c2ccccc2n4-c2ccccc2)c(C#N)c(-n2c3ccccc3c3ccccc32)c(-n2c3ccccc3c3ccccc32)c1-n1c2ccccc2c2ccccc21. The molecule has 11 aromatic carbocycles. The van der Waals surface area contributed by atoms with E-state index in [0.29, 0.717) is 28.3 Å². The maximum Gasteiger partial charge on any atom is 0.237 e. The van der Waals surface area contributed by atoms with Crippen molar-refractivity contribution in [3.8, 4) is 34.5 Å². The second kappa shape index (κ2) is 15.5. The number of hydrogen-bond donors (Lipinski definition) is 0. The number of rotatable bonds is 5. The summed E-state index contributed by atoms with van der Waals surface area (Å²) in [4.78, 5) is 4.78. The van der Waals surface area contributed by atoms with Gasteiger partial charge in [0.1, 0.15) is 6.07 Å². The zero-order chi connectivity index (χ0) is 49.5. The molecule has 0 fully saturated rings. The lowest BCUT2D eigenvalue weighted by molar-refractivity contribution is 1.03. The van der Waals surface area contributed by atoms with Crippen molar-refractivity contribution in [2.45, 2.75) is 0 Å². The summed E-state index contributed by atoms with van der Waals surface area (Å²) >= 11 is 0. The average molecular weight is 954 g/mol. The van der Waals surface area contributed by atoms with Gasteiger partial charge >= 0.3 is 0 Å². The Hall–Kier alpha value is -10.6. The summed E-state index contributed by atoms with van der Waals surface area (Å²) in [5.74, 6) is 0. The van der Waals surface area contributed by atoms with Gasteiger partial charge in [-0.05, 0) is 72.8 Å². The Kier molecular flexibility index (Phi) is 8.46. The highest BCUT2D eigenvalue weighted by molar-refractivity contribution is 6.21. The third-order valence-electron chi connectivity index (χ3n) is 15.7. The molecule has 5 heterocycles. The number of hydrogen-bond acceptors (Lipinski definition) is 1. The summed E-state index contributed by atoms with van der Waals surface area (Å²) in [5.41, 5.74) is 14.1. The Labute approximate surface area is 428 Å². The Morgan fingerprint density at radius 2 is 0.560 bits per heavy atom. The first-order valence-electron chi connectivity index (χ1n) is 25.2. The van der Waals surface area contributed by atoms with Crippen LogP contribution in [0, 0.1) is 17.9 Å². The molecule has 7 nitrogen and oxygen atoms in total. The van der Waals surface area contributed by atoms with Gasteiger partial charge in [-0.1, -0.05) is 164 Å². The third-order valence-corrected chi connectivity index (χ3v) is 15.7. The summed E-state index contributed by atoms with van der Waals surface area (Å²) in [6.45, 7) is 9.80. The molecule has 0 amide bonds. The molecular weight excluding hydrogens is 915 g/mol. The van der Waals surface area contributed by atoms with E-state index in [1.165, 1.54) is 0 Å². The summed E-state index contributed by atoms with van der Waals surface area (Å²) in [5, 5.41) is 23.2. The maximum absolute atomic E-state index is 12.6. The fraction of sp³-hybridized carbons (Fsp3) is 0. The van der Waals surface area contributed by atoms with Gasteiger partial charge in [0.2, 0.25) is 5.69 Å². The van der Waals surface area contributed by atoms with Crippen molar-refractivity contribution < 1.29 is 0 Å². The summed E-state index contributed by atoms with van der Waals surface area (Å²) in [6.07, 6.45) is 0. The monoisotopic (exact) mass is 953 g/mol. The van der Waals surface area contributed by atoms with E-state index in [1.807, 2.05) is 0 Å². The van der Waals surface area contributed by atoms with E-state index >= 15 is 0 Å². The topological polar surface area (TPSA) is 52.8 Å². The number of nitriles is 1. The highest BCUT2D eigenvalue weighted by Gasteiger charge is 2.35. The van der Waals surface area contributed by atoms with Crippen LogP contribution in [0.1, 0.15) is 5.56 Å². The lowest BCUT2D eigenvalue weighted by atomic mass is 10.0. The van der Waals surface area contributed by atoms with Crippen LogP contribution in [-0.4, -0.2) is 22.8 Å². The predicted octanol–water partition coefficient (Wildman–Crippen LogP) is 17.6. The number of fused-ring (bicyclic) bond motifs is 15. The van der Waals surface area contributed by atoms with E-state index in [4.69, 9.17) is 4.85 Å². The van der Waals surface area contributed by atoms with Crippen LogP contribution >= 0.6 is 0 Å². The lowest BCUT2D eigenvalue weighted by Gasteiger charge is -2.27. The van der Waals surface area contributed by atoms with Crippen molar-refractivity contribution >= 4 is 115 Å². The van der Waals surface area contributed by atoms with E-state index < -0.39 is 0 Å². The Balaban J connectivity index is 1.20. The molecule has 0 saturated heterocycles. The van der Waals surface area contributed by atoms with Crippen LogP contribution in [0.3, 0.4) is 0 Å². The molecule has 7 heteroatoms. The Morgan fingerprint density at radius 3 is 0.920 bits per heavy atom. The van der Waals surface area contributed by atoms with Crippen molar-refractivity contribution in [1.29, 1.82) is 5.26 Å². The number of nitrogens with zero attached hydrogens (tertiary/aromatic N) is 7. The van der Waals surface area contributed by atoms with Gasteiger partial charge in [0.25, 0.3) is 0 Å². The summed E-state index contributed by atoms with van der Waals surface area (Å²) in [6, 6.07) is 86.2. The molecule has 0 unspecified atom stereocenters. The molecule has 346 valence electrons. The van der Waals surface area contributed by atoms with Gasteiger partial charge in [0, 0.05) is 59.5 Å². The van der Waals surface area contributed by atoms with Crippen molar-refractivity contribution in [2.24, 2.45) is 0 Å². The van der Waals surface area contributed by atoms with Gasteiger partial charge in [-0.25, -0.2) is 4.85 Å². The van der Waals surface area contributed by atoms with Crippen LogP contribution in [0.4, 0.5) is 5.69 Å². The molecule has 0 aliphatic heterocycles. The molecule has 16 rings (SSSR count). The van der Waals surface area contributed by atoms with E-state index in [0.717, 1.165) is 120 Å². The van der Waals surface area contributed by atoms with Crippen molar-refractivity contribution in [2.75, 3.05) is 0 Å². The molecule has 0 bridgehead atoms. The van der Waals surface area contributed by atoms with E-state index in [2.05, 4.69) is 265 Å². The van der Waals surface area contributed by atoms with Crippen LogP contribution in [0.2, 0.25) is 0 Å². The number of para-hydroxylation sites is 9. The normalized spacial score (nSPS) is 12.0. The molecule has 5 aromatic heterocycles. The standard InChI is InChI=1S/C68H39N7/c1-70-64-65(75-61-38-20-12-30-50(61)52-39-62-51(40-63(52)75)49-29-11-13-31-54(49)71(62)42-21-3-2-4-22-42)53(41-69)66(72-55-32-14-5-23-43(55)44-24-6-15-33-56(44)72)68(74-59-36-18-9-27-47(59)48-28-10-19-37-60(48)74)67(64)73-57-34-16-7-25-45(57)46-26-8-17-35-58(46)73/h2-40H. The minimum atomic E-state index is 0.355. The number of aromatic nitrogens is 5. The molecule has 0 spiro atoms. The van der Waals surface area contributed by atoms with Crippen LogP contribution < -0.4 is 0 Å². The molecule has 0 N–H and O–H groups in total. The molecule has 0 atom stereocenters. The highest BCUT2D eigenvalue weighted by atomic mass is 15.1. The zero-order valence-corrected chi connectivity index (χ0v) is 40.1.